The number of nitrogens with one attached hydrogen (secondary N) is 1. The maximum atomic E-state index is 13.1. The molecule has 150 valence electrons. The van der Waals surface area contributed by atoms with Gasteiger partial charge in [0.25, 0.3) is 0 Å². The van der Waals surface area contributed by atoms with Crippen LogP contribution >= 0.6 is 28.1 Å². The standard InChI is InChI=1S/C22H21BrN2O3S/c1-4-11-27-20(26)18-19-16-12-14(23)7-10-17(16)28-22(18,3)25(21(29)24-19)15-8-5-13(2)6-9-15/h4-10,12,18-19H,1,11H2,2-3H3,(H,24,29)/t18-,19+,22-/m0/s1. The van der Waals surface area contributed by atoms with Gasteiger partial charge in [0.15, 0.2) is 5.11 Å². The van der Waals surface area contributed by atoms with Crippen LogP contribution in [-0.2, 0) is 9.53 Å². The number of carbonyl (C=O) groups excluding carboxylic acids is 1. The normalized spacial score (nSPS) is 24.8. The lowest BCUT2D eigenvalue weighted by Gasteiger charge is -2.55. The lowest BCUT2D eigenvalue weighted by atomic mass is 9.79. The van der Waals surface area contributed by atoms with E-state index in [0.29, 0.717) is 10.9 Å². The lowest BCUT2D eigenvalue weighted by molar-refractivity contribution is -0.159. The first-order valence-electron chi connectivity index (χ1n) is 9.28. The van der Waals surface area contributed by atoms with Gasteiger partial charge in [-0.05, 0) is 56.4 Å². The fraction of sp³-hybridized carbons (Fsp3) is 0.273. The molecule has 0 unspecified atom stereocenters. The van der Waals surface area contributed by atoms with E-state index in [0.717, 1.165) is 21.3 Å². The number of ether oxygens (including phenoxy) is 2. The second kappa shape index (κ2) is 7.46. The Bertz CT molecular complexity index is 994. The number of carbonyl (C=O) groups is 1. The zero-order valence-corrected chi connectivity index (χ0v) is 18.5. The van der Waals surface area contributed by atoms with Crippen molar-refractivity contribution >= 4 is 44.9 Å². The van der Waals surface area contributed by atoms with E-state index in [1.165, 1.54) is 0 Å². The van der Waals surface area contributed by atoms with Gasteiger partial charge in [0, 0.05) is 15.7 Å². The minimum Gasteiger partial charge on any atom is -0.466 e. The molecule has 2 bridgehead atoms. The average Bonchev–Trinajstić information content (AvgIpc) is 2.68. The van der Waals surface area contributed by atoms with Gasteiger partial charge < -0.3 is 14.8 Å². The second-order valence-corrected chi connectivity index (χ2v) is 8.64. The van der Waals surface area contributed by atoms with E-state index < -0.39 is 11.6 Å². The molecule has 2 aliphatic rings. The molecule has 0 aromatic heterocycles. The van der Waals surface area contributed by atoms with E-state index in [2.05, 4.69) is 27.8 Å². The van der Waals surface area contributed by atoms with Crippen LogP contribution in [0.15, 0.2) is 59.6 Å². The highest BCUT2D eigenvalue weighted by atomic mass is 79.9. The van der Waals surface area contributed by atoms with Crippen molar-refractivity contribution in [1.29, 1.82) is 0 Å². The van der Waals surface area contributed by atoms with Gasteiger partial charge >= 0.3 is 5.97 Å². The summed E-state index contributed by atoms with van der Waals surface area (Å²) >= 11 is 9.22. The van der Waals surface area contributed by atoms with Gasteiger partial charge in [-0.25, -0.2) is 0 Å². The number of benzene rings is 2. The highest BCUT2D eigenvalue weighted by molar-refractivity contribution is 9.10. The van der Waals surface area contributed by atoms with Crippen molar-refractivity contribution < 1.29 is 14.3 Å². The molecule has 7 heteroatoms. The maximum Gasteiger partial charge on any atom is 0.317 e. The lowest BCUT2D eigenvalue weighted by Crippen LogP contribution is -2.71. The number of rotatable bonds is 4. The van der Waals surface area contributed by atoms with Crippen molar-refractivity contribution in [2.75, 3.05) is 11.5 Å². The highest BCUT2D eigenvalue weighted by Crippen LogP contribution is 2.50. The Balaban J connectivity index is 1.86. The Labute approximate surface area is 183 Å². The number of anilines is 1. The summed E-state index contributed by atoms with van der Waals surface area (Å²) in [5.74, 6) is -0.298. The van der Waals surface area contributed by atoms with Crippen LogP contribution in [0.4, 0.5) is 5.69 Å². The summed E-state index contributed by atoms with van der Waals surface area (Å²) < 4.78 is 12.8. The van der Waals surface area contributed by atoms with Crippen LogP contribution in [0.3, 0.4) is 0 Å². The van der Waals surface area contributed by atoms with E-state index in [4.69, 9.17) is 21.7 Å². The molecule has 2 aromatic rings. The molecule has 1 fully saturated rings. The monoisotopic (exact) mass is 472 g/mol. The summed E-state index contributed by atoms with van der Waals surface area (Å²) in [7, 11) is 0. The Hall–Kier alpha value is -2.38. The quantitative estimate of drug-likeness (QED) is 0.397. The zero-order valence-electron chi connectivity index (χ0n) is 16.1. The fourth-order valence-electron chi connectivity index (χ4n) is 4.03. The smallest absolute Gasteiger partial charge is 0.317 e. The van der Waals surface area contributed by atoms with Crippen molar-refractivity contribution in [3.63, 3.8) is 0 Å². The summed E-state index contributed by atoms with van der Waals surface area (Å²) in [5.41, 5.74) is 1.79. The predicted octanol–water partition coefficient (Wildman–Crippen LogP) is 4.65. The third kappa shape index (κ3) is 3.32. The molecule has 0 radical (unpaired) electrons. The minimum atomic E-state index is -1.05. The van der Waals surface area contributed by atoms with Crippen LogP contribution in [-0.4, -0.2) is 23.4 Å². The van der Waals surface area contributed by atoms with E-state index >= 15 is 0 Å². The molecular weight excluding hydrogens is 452 g/mol. The first-order valence-corrected chi connectivity index (χ1v) is 10.5. The highest BCUT2D eigenvalue weighted by Gasteiger charge is 2.59. The molecular formula is C22H21BrN2O3S. The van der Waals surface area contributed by atoms with Crippen molar-refractivity contribution in [2.24, 2.45) is 5.92 Å². The molecule has 2 aliphatic heterocycles. The first kappa shape index (κ1) is 19.9. The first-order chi connectivity index (χ1) is 13.8. The summed E-state index contributed by atoms with van der Waals surface area (Å²) in [5, 5.41) is 3.86. The Kier molecular flexibility index (Phi) is 5.12. The van der Waals surface area contributed by atoms with Gasteiger partial charge in [-0.15, -0.1) is 0 Å². The van der Waals surface area contributed by atoms with Gasteiger partial charge in [0.1, 0.15) is 18.3 Å². The van der Waals surface area contributed by atoms with Crippen LogP contribution < -0.4 is 15.0 Å². The third-order valence-electron chi connectivity index (χ3n) is 5.35. The largest absolute Gasteiger partial charge is 0.466 e. The Morgan fingerprint density at radius 2 is 2.10 bits per heavy atom. The van der Waals surface area contributed by atoms with Crippen LogP contribution in [0.2, 0.25) is 0 Å². The van der Waals surface area contributed by atoms with Gasteiger partial charge in [-0.1, -0.05) is 46.3 Å². The van der Waals surface area contributed by atoms with Crippen LogP contribution in [0, 0.1) is 12.8 Å². The number of thiocarbonyl (C=S) groups is 1. The summed E-state index contributed by atoms with van der Waals surface area (Å²) in [4.78, 5) is 15.0. The van der Waals surface area contributed by atoms with Crippen molar-refractivity contribution in [3.8, 4) is 5.75 Å². The van der Waals surface area contributed by atoms with Crippen molar-refractivity contribution in [1.82, 2.24) is 5.32 Å². The molecule has 5 nitrogen and oxygen atoms in total. The predicted molar refractivity (Wildman–Crippen MR) is 120 cm³/mol. The van der Waals surface area contributed by atoms with Gasteiger partial charge in [-0.3, -0.25) is 9.69 Å². The maximum absolute atomic E-state index is 13.1. The fourth-order valence-corrected chi connectivity index (χ4v) is 4.82. The van der Waals surface area contributed by atoms with Crippen molar-refractivity contribution in [2.45, 2.75) is 25.6 Å². The Morgan fingerprint density at radius 3 is 2.79 bits per heavy atom. The SMILES string of the molecule is C=CCOC(=O)[C@@H]1[C@@H]2NC(=S)N(c3ccc(C)cc3)[C@@]1(C)Oc1ccc(Br)cc12. The summed E-state index contributed by atoms with van der Waals surface area (Å²) in [6.07, 6.45) is 1.56. The molecule has 3 atom stereocenters. The second-order valence-electron chi connectivity index (χ2n) is 7.33. The zero-order chi connectivity index (χ0) is 20.8. The number of nitrogens with zero attached hydrogens (tertiary/aromatic N) is 1. The molecule has 29 heavy (non-hydrogen) atoms. The molecule has 0 saturated carbocycles. The van der Waals surface area contributed by atoms with Gasteiger partial charge in [-0.2, -0.15) is 0 Å². The molecule has 0 aliphatic carbocycles. The molecule has 1 saturated heterocycles. The van der Waals surface area contributed by atoms with Crippen LogP contribution in [0.5, 0.6) is 5.75 Å². The molecule has 2 heterocycles. The van der Waals surface area contributed by atoms with Crippen molar-refractivity contribution in [3.05, 3.63) is 70.7 Å². The number of aryl methyl sites for hydroxylation is 1. The van der Waals surface area contributed by atoms with Gasteiger partial charge in [0.2, 0.25) is 5.72 Å². The van der Waals surface area contributed by atoms with E-state index in [1.54, 1.807) is 6.08 Å². The Morgan fingerprint density at radius 1 is 1.38 bits per heavy atom. The third-order valence-corrected chi connectivity index (χ3v) is 6.14. The molecule has 2 aromatic carbocycles. The number of halogens is 1. The molecule has 4 rings (SSSR count). The van der Waals surface area contributed by atoms with E-state index in [9.17, 15) is 4.79 Å². The summed E-state index contributed by atoms with van der Waals surface area (Å²) in [6.45, 7) is 7.68. The topological polar surface area (TPSA) is 50.8 Å². The van der Waals surface area contributed by atoms with E-state index in [1.807, 2.05) is 61.2 Å². The molecule has 1 N–H and O–H groups in total. The number of hydrogen-bond acceptors (Lipinski definition) is 4. The number of fused-ring (bicyclic) bond motifs is 4. The number of hydrogen-bond donors (Lipinski definition) is 1. The number of esters is 1. The molecule has 0 amide bonds. The molecule has 0 spiro atoms. The average molecular weight is 473 g/mol. The summed E-state index contributed by atoms with van der Waals surface area (Å²) in [6, 6.07) is 13.4. The minimum absolute atomic E-state index is 0.137. The van der Waals surface area contributed by atoms with Gasteiger partial charge in [0.05, 0.1) is 6.04 Å². The van der Waals surface area contributed by atoms with Crippen LogP contribution in [0.25, 0.3) is 0 Å². The van der Waals surface area contributed by atoms with Crippen LogP contribution in [0.1, 0.15) is 24.1 Å². The van der Waals surface area contributed by atoms with E-state index in [-0.39, 0.29) is 18.6 Å².